The van der Waals surface area contributed by atoms with Crippen LogP contribution in [0.25, 0.3) is 0 Å². The first-order chi connectivity index (χ1) is 4.85. The van der Waals surface area contributed by atoms with E-state index in [9.17, 15) is 4.79 Å². The summed E-state index contributed by atoms with van der Waals surface area (Å²) in [6.45, 7) is 0. The van der Waals surface area contributed by atoms with Gasteiger partial charge in [-0.25, -0.2) is 0 Å². The standard InChI is InChI=1S/C7H10OS2/c1-9-7(10-2)5-3-4-6-8/h3-6H,1-2H3/b4-3+. The van der Waals surface area contributed by atoms with Gasteiger partial charge >= 0.3 is 0 Å². The van der Waals surface area contributed by atoms with Gasteiger partial charge in [-0.1, -0.05) is 6.08 Å². The molecule has 0 aliphatic carbocycles. The van der Waals surface area contributed by atoms with Gasteiger partial charge in [-0.2, -0.15) is 0 Å². The summed E-state index contributed by atoms with van der Waals surface area (Å²) < 4.78 is 1.21. The summed E-state index contributed by atoms with van der Waals surface area (Å²) in [6, 6.07) is 0. The third-order valence-corrected chi connectivity index (χ3v) is 2.90. The Morgan fingerprint density at radius 3 is 2.20 bits per heavy atom. The molecule has 0 heterocycles. The molecule has 0 fully saturated rings. The Morgan fingerprint density at radius 2 is 1.80 bits per heavy atom. The Labute approximate surface area is 70.0 Å². The van der Waals surface area contributed by atoms with Crippen LogP contribution in [0.1, 0.15) is 0 Å². The highest BCUT2D eigenvalue weighted by Gasteiger charge is 1.85. The van der Waals surface area contributed by atoms with E-state index >= 15 is 0 Å². The molecule has 0 aliphatic heterocycles. The summed E-state index contributed by atoms with van der Waals surface area (Å²) in [6.07, 6.45) is 9.94. The number of carbonyl (C=O) groups excluding carboxylic acids is 1. The minimum atomic E-state index is 0.773. The van der Waals surface area contributed by atoms with Crippen LogP contribution in [0.5, 0.6) is 0 Å². The number of hydrogen-bond acceptors (Lipinski definition) is 3. The Hall–Kier alpha value is -0.150. The molecule has 0 spiro atoms. The van der Waals surface area contributed by atoms with Gasteiger partial charge in [-0.3, -0.25) is 4.79 Å². The maximum atomic E-state index is 9.83. The molecule has 0 N–H and O–H groups in total. The van der Waals surface area contributed by atoms with E-state index in [4.69, 9.17) is 0 Å². The first-order valence-electron chi connectivity index (χ1n) is 2.75. The summed E-state index contributed by atoms with van der Waals surface area (Å²) >= 11 is 3.35. The van der Waals surface area contributed by atoms with E-state index in [0.29, 0.717) is 0 Å². The third kappa shape index (κ3) is 4.70. The molecule has 0 rings (SSSR count). The number of hydrogen-bond donors (Lipinski definition) is 0. The number of aldehydes is 1. The Morgan fingerprint density at radius 1 is 1.20 bits per heavy atom. The third-order valence-electron chi connectivity index (χ3n) is 0.824. The van der Waals surface area contributed by atoms with E-state index in [0.717, 1.165) is 6.29 Å². The second-order valence-electron chi connectivity index (χ2n) is 1.41. The molecule has 0 aromatic carbocycles. The molecule has 56 valence electrons. The Balaban J connectivity index is 3.85. The van der Waals surface area contributed by atoms with E-state index in [1.807, 2.05) is 18.6 Å². The van der Waals surface area contributed by atoms with E-state index in [1.54, 1.807) is 29.6 Å². The highest BCUT2D eigenvalue weighted by molar-refractivity contribution is 8.21. The second kappa shape index (κ2) is 6.96. The van der Waals surface area contributed by atoms with Gasteiger partial charge in [-0.05, 0) is 24.7 Å². The molecule has 0 radical (unpaired) electrons. The predicted octanol–water partition coefficient (Wildman–Crippen LogP) is 2.31. The first-order valence-corrected chi connectivity index (χ1v) is 5.20. The summed E-state index contributed by atoms with van der Waals surface area (Å²) in [5.74, 6) is 0. The average molecular weight is 174 g/mol. The summed E-state index contributed by atoms with van der Waals surface area (Å²) in [7, 11) is 0. The normalized spacial score (nSPS) is 9.80. The lowest BCUT2D eigenvalue weighted by molar-refractivity contribution is -0.104. The number of carbonyl (C=O) groups is 1. The molecular formula is C7H10OS2. The van der Waals surface area contributed by atoms with Gasteiger partial charge in [0.05, 0.1) is 0 Å². The van der Waals surface area contributed by atoms with Gasteiger partial charge in [0, 0.05) is 4.24 Å². The van der Waals surface area contributed by atoms with E-state index in [-0.39, 0.29) is 0 Å². The number of rotatable bonds is 4. The van der Waals surface area contributed by atoms with Crippen molar-refractivity contribution in [3.8, 4) is 0 Å². The first kappa shape index (κ1) is 9.85. The van der Waals surface area contributed by atoms with Crippen molar-refractivity contribution in [2.24, 2.45) is 0 Å². The molecule has 0 saturated carbocycles. The van der Waals surface area contributed by atoms with Gasteiger partial charge in [0.1, 0.15) is 6.29 Å². The van der Waals surface area contributed by atoms with Crippen LogP contribution >= 0.6 is 23.5 Å². The fourth-order valence-electron chi connectivity index (χ4n) is 0.399. The van der Waals surface area contributed by atoms with Crippen molar-refractivity contribution in [1.82, 2.24) is 0 Å². The minimum absolute atomic E-state index is 0.773. The van der Waals surface area contributed by atoms with Crippen molar-refractivity contribution in [2.75, 3.05) is 12.5 Å². The van der Waals surface area contributed by atoms with Crippen LogP contribution in [0.4, 0.5) is 0 Å². The fourth-order valence-corrected chi connectivity index (χ4v) is 1.49. The molecule has 0 aromatic rings. The molecule has 0 amide bonds. The highest BCUT2D eigenvalue weighted by Crippen LogP contribution is 2.22. The average Bonchev–Trinajstić information content (AvgIpc) is 1.99. The number of thioether (sulfide) groups is 2. The maximum Gasteiger partial charge on any atom is 0.142 e. The zero-order valence-corrected chi connectivity index (χ0v) is 7.67. The van der Waals surface area contributed by atoms with Gasteiger partial charge in [0.2, 0.25) is 0 Å². The van der Waals surface area contributed by atoms with E-state index < -0.39 is 0 Å². The molecule has 0 unspecified atom stereocenters. The molecular weight excluding hydrogens is 164 g/mol. The lowest BCUT2D eigenvalue weighted by Crippen LogP contribution is -1.64. The lowest BCUT2D eigenvalue weighted by Gasteiger charge is -1.93. The van der Waals surface area contributed by atoms with Crippen molar-refractivity contribution in [1.29, 1.82) is 0 Å². The molecule has 1 nitrogen and oxygen atoms in total. The van der Waals surface area contributed by atoms with Crippen molar-refractivity contribution in [3.63, 3.8) is 0 Å². The Bertz CT molecular complexity index is 144. The van der Waals surface area contributed by atoms with Gasteiger partial charge in [-0.15, -0.1) is 23.5 Å². The van der Waals surface area contributed by atoms with Gasteiger partial charge in [0.15, 0.2) is 0 Å². The van der Waals surface area contributed by atoms with Crippen molar-refractivity contribution in [3.05, 3.63) is 22.5 Å². The molecule has 0 aliphatic rings. The van der Waals surface area contributed by atoms with Crippen LogP contribution in [-0.2, 0) is 4.79 Å². The summed E-state index contributed by atoms with van der Waals surface area (Å²) in [4.78, 5) is 9.83. The van der Waals surface area contributed by atoms with Gasteiger partial charge in [0.25, 0.3) is 0 Å². The van der Waals surface area contributed by atoms with Crippen molar-refractivity contribution in [2.45, 2.75) is 0 Å². The SMILES string of the molecule is CSC(=C/C=C/C=O)SC. The fraction of sp³-hybridized carbons (Fsp3) is 0.286. The maximum absolute atomic E-state index is 9.83. The van der Waals surface area contributed by atoms with Crippen LogP contribution < -0.4 is 0 Å². The molecule has 10 heavy (non-hydrogen) atoms. The molecule has 0 saturated heterocycles. The van der Waals surface area contributed by atoms with Crippen LogP contribution in [0, 0.1) is 0 Å². The second-order valence-corrected chi connectivity index (χ2v) is 3.37. The summed E-state index contributed by atoms with van der Waals surface area (Å²) in [5.41, 5.74) is 0. The largest absolute Gasteiger partial charge is 0.299 e. The molecule has 3 heteroatoms. The zero-order chi connectivity index (χ0) is 7.82. The Kier molecular flexibility index (Phi) is 6.86. The minimum Gasteiger partial charge on any atom is -0.299 e. The predicted molar refractivity (Wildman–Crippen MR) is 50.3 cm³/mol. The lowest BCUT2D eigenvalue weighted by atomic mass is 10.5. The smallest absolute Gasteiger partial charge is 0.142 e. The van der Waals surface area contributed by atoms with Crippen LogP contribution in [-0.4, -0.2) is 18.8 Å². The molecule has 0 aromatic heterocycles. The highest BCUT2D eigenvalue weighted by atomic mass is 32.2. The van der Waals surface area contributed by atoms with Crippen LogP contribution in [0.3, 0.4) is 0 Å². The van der Waals surface area contributed by atoms with E-state index in [1.165, 1.54) is 10.3 Å². The van der Waals surface area contributed by atoms with E-state index in [2.05, 4.69) is 0 Å². The molecule has 0 atom stereocenters. The van der Waals surface area contributed by atoms with Crippen molar-refractivity contribution < 1.29 is 4.79 Å². The number of allylic oxidation sites excluding steroid dienone is 3. The molecule has 0 bridgehead atoms. The monoisotopic (exact) mass is 174 g/mol. The van der Waals surface area contributed by atoms with Crippen LogP contribution in [0.15, 0.2) is 22.5 Å². The zero-order valence-electron chi connectivity index (χ0n) is 6.03. The van der Waals surface area contributed by atoms with Crippen molar-refractivity contribution >= 4 is 29.8 Å². The quantitative estimate of drug-likeness (QED) is 0.370. The summed E-state index contributed by atoms with van der Waals surface area (Å²) in [5, 5.41) is 0. The topological polar surface area (TPSA) is 17.1 Å². The van der Waals surface area contributed by atoms with Gasteiger partial charge < -0.3 is 0 Å². The van der Waals surface area contributed by atoms with Crippen LogP contribution in [0.2, 0.25) is 0 Å².